The summed E-state index contributed by atoms with van der Waals surface area (Å²) in [7, 11) is 1.57. The lowest BCUT2D eigenvalue weighted by molar-refractivity contribution is -0.122. The Balaban J connectivity index is 1.55. The fraction of sp³-hybridized carbons (Fsp3) is 0.148. The largest absolute Gasteiger partial charge is 0.493 e. The third-order valence-corrected chi connectivity index (χ3v) is 6.85. The van der Waals surface area contributed by atoms with Crippen LogP contribution in [0, 0.1) is 0 Å². The van der Waals surface area contributed by atoms with Crippen LogP contribution in [-0.4, -0.2) is 40.7 Å². The molecule has 0 saturated carbocycles. The summed E-state index contributed by atoms with van der Waals surface area (Å²) in [5, 5.41) is 9.73. The molecule has 0 atom stereocenters. The zero-order valence-corrected chi connectivity index (χ0v) is 22.0. The molecule has 1 heterocycles. The van der Waals surface area contributed by atoms with E-state index in [4.69, 9.17) is 9.47 Å². The summed E-state index contributed by atoms with van der Waals surface area (Å²) < 4.78 is 12.5. The SMILES string of the molecule is CCN1C(=O)/C(=C\c2ccc(OCc3ccc(Br)cc3)c(OC)c2)SC1=Nc1cccc(C(=O)O)c1. The van der Waals surface area contributed by atoms with Crippen LogP contribution in [0.3, 0.4) is 0 Å². The number of carbonyl (C=O) groups is 2. The van der Waals surface area contributed by atoms with Gasteiger partial charge in [0.2, 0.25) is 0 Å². The first-order valence-electron chi connectivity index (χ1n) is 11.1. The number of nitrogens with zero attached hydrogens (tertiary/aromatic N) is 2. The maximum Gasteiger partial charge on any atom is 0.335 e. The molecular weight excluding hydrogens is 544 g/mol. The molecule has 1 N–H and O–H groups in total. The number of amidine groups is 1. The van der Waals surface area contributed by atoms with Crippen molar-refractivity contribution in [2.45, 2.75) is 13.5 Å². The molecule has 0 spiro atoms. The van der Waals surface area contributed by atoms with Crippen molar-refractivity contribution >= 4 is 56.5 Å². The van der Waals surface area contributed by atoms with E-state index in [1.165, 1.54) is 23.9 Å². The van der Waals surface area contributed by atoms with Crippen LogP contribution >= 0.6 is 27.7 Å². The van der Waals surface area contributed by atoms with Gasteiger partial charge in [-0.1, -0.05) is 40.2 Å². The Kier molecular flexibility index (Phi) is 8.12. The minimum absolute atomic E-state index is 0.138. The van der Waals surface area contributed by atoms with E-state index >= 15 is 0 Å². The zero-order chi connectivity index (χ0) is 25.7. The second-order valence-corrected chi connectivity index (χ2v) is 9.66. The van der Waals surface area contributed by atoms with Crippen LogP contribution in [0.25, 0.3) is 6.08 Å². The Morgan fingerprint density at radius 2 is 1.89 bits per heavy atom. The number of methoxy groups -OCH3 is 1. The van der Waals surface area contributed by atoms with Crippen molar-refractivity contribution in [2.75, 3.05) is 13.7 Å². The van der Waals surface area contributed by atoms with E-state index in [0.29, 0.717) is 40.4 Å². The van der Waals surface area contributed by atoms with E-state index in [2.05, 4.69) is 20.9 Å². The molecule has 0 aromatic heterocycles. The van der Waals surface area contributed by atoms with Gasteiger partial charge in [-0.05, 0) is 78.4 Å². The summed E-state index contributed by atoms with van der Waals surface area (Å²) in [4.78, 5) is 30.9. The lowest BCUT2D eigenvalue weighted by Crippen LogP contribution is -2.28. The number of amides is 1. The molecule has 184 valence electrons. The minimum Gasteiger partial charge on any atom is -0.493 e. The fourth-order valence-electron chi connectivity index (χ4n) is 3.48. The molecule has 7 nitrogen and oxygen atoms in total. The molecule has 0 bridgehead atoms. The average Bonchev–Trinajstić information content (AvgIpc) is 3.17. The van der Waals surface area contributed by atoms with Crippen LogP contribution in [0.5, 0.6) is 11.5 Å². The highest BCUT2D eigenvalue weighted by Gasteiger charge is 2.32. The fourth-order valence-corrected chi connectivity index (χ4v) is 4.80. The van der Waals surface area contributed by atoms with Gasteiger partial charge < -0.3 is 14.6 Å². The molecule has 1 fully saturated rings. The Morgan fingerprint density at radius 1 is 1.11 bits per heavy atom. The van der Waals surface area contributed by atoms with Crippen LogP contribution in [-0.2, 0) is 11.4 Å². The van der Waals surface area contributed by atoms with Gasteiger partial charge in [-0.25, -0.2) is 9.79 Å². The number of carbonyl (C=O) groups excluding carboxylic acids is 1. The smallest absolute Gasteiger partial charge is 0.335 e. The maximum atomic E-state index is 13.0. The number of hydrogen-bond donors (Lipinski definition) is 1. The monoisotopic (exact) mass is 566 g/mol. The number of rotatable bonds is 8. The second kappa shape index (κ2) is 11.5. The zero-order valence-electron chi connectivity index (χ0n) is 19.6. The van der Waals surface area contributed by atoms with E-state index in [9.17, 15) is 14.7 Å². The molecule has 36 heavy (non-hydrogen) atoms. The van der Waals surface area contributed by atoms with Gasteiger partial charge in [-0.3, -0.25) is 9.69 Å². The van der Waals surface area contributed by atoms with Gasteiger partial charge in [0.1, 0.15) is 6.61 Å². The highest BCUT2D eigenvalue weighted by molar-refractivity contribution is 9.10. The molecule has 3 aromatic carbocycles. The van der Waals surface area contributed by atoms with Crippen molar-refractivity contribution in [2.24, 2.45) is 4.99 Å². The number of aromatic carboxylic acids is 1. The van der Waals surface area contributed by atoms with E-state index in [-0.39, 0.29) is 11.5 Å². The number of halogens is 1. The van der Waals surface area contributed by atoms with Crippen LogP contribution in [0.1, 0.15) is 28.4 Å². The number of aliphatic imine (C=N–C) groups is 1. The van der Waals surface area contributed by atoms with Gasteiger partial charge in [-0.15, -0.1) is 0 Å². The Morgan fingerprint density at radius 3 is 2.58 bits per heavy atom. The number of thioether (sulfide) groups is 1. The van der Waals surface area contributed by atoms with Crippen molar-refractivity contribution < 1.29 is 24.2 Å². The van der Waals surface area contributed by atoms with Crippen LogP contribution in [0.15, 0.2) is 81.1 Å². The third kappa shape index (κ3) is 5.98. The van der Waals surface area contributed by atoms with E-state index in [1.807, 2.05) is 49.4 Å². The van der Waals surface area contributed by atoms with E-state index in [0.717, 1.165) is 15.6 Å². The standard InChI is InChI=1S/C27H23BrN2O5S/c1-3-30-25(31)24(36-27(30)29-21-6-4-5-19(15-21)26(32)33)14-18-9-12-22(23(13-18)34-2)35-16-17-7-10-20(28)11-8-17/h4-15H,3,16H2,1-2H3,(H,32,33)/b24-14+,29-27?. The average molecular weight is 567 g/mol. The first-order chi connectivity index (χ1) is 17.4. The molecule has 1 aliphatic heterocycles. The topological polar surface area (TPSA) is 88.4 Å². The lowest BCUT2D eigenvalue weighted by Gasteiger charge is -2.12. The van der Waals surface area contributed by atoms with Crippen LogP contribution in [0.4, 0.5) is 5.69 Å². The van der Waals surface area contributed by atoms with Crippen LogP contribution < -0.4 is 9.47 Å². The summed E-state index contributed by atoms with van der Waals surface area (Å²) in [6, 6.07) is 19.7. The van der Waals surface area contributed by atoms with Crippen molar-refractivity contribution in [3.05, 3.63) is 92.8 Å². The summed E-state index contributed by atoms with van der Waals surface area (Å²) in [5.41, 5.74) is 2.42. The van der Waals surface area contributed by atoms with Crippen LogP contribution in [0.2, 0.25) is 0 Å². The number of ether oxygens (including phenoxy) is 2. The number of carboxylic acids is 1. The van der Waals surface area contributed by atoms with Gasteiger partial charge in [0.05, 0.1) is 23.3 Å². The summed E-state index contributed by atoms with van der Waals surface area (Å²) >= 11 is 4.67. The quantitative estimate of drug-likeness (QED) is 0.319. The molecule has 0 radical (unpaired) electrons. The molecule has 3 aromatic rings. The molecule has 4 rings (SSSR count). The van der Waals surface area contributed by atoms with E-state index in [1.54, 1.807) is 30.2 Å². The Bertz CT molecular complexity index is 1350. The first-order valence-corrected chi connectivity index (χ1v) is 12.7. The number of hydrogen-bond acceptors (Lipinski definition) is 6. The maximum absolute atomic E-state index is 13.0. The Labute approximate surface area is 221 Å². The minimum atomic E-state index is -1.03. The van der Waals surface area contributed by atoms with Gasteiger partial charge in [-0.2, -0.15) is 0 Å². The predicted octanol–water partition coefficient (Wildman–Crippen LogP) is 6.36. The first kappa shape index (κ1) is 25.5. The molecule has 1 aliphatic rings. The van der Waals surface area contributed by atoms with Gasteiger partial charge in [0, 0.05) is 11.0 Å². The highest BCUT2D eigenvalue weighted by atomic mass is 79.9. The van der Waals surface area contributed by atoms with E-state index < -0.39 is 5.97 Å². The van der Waals surface area contributed by atoms with Crippen molar-refractivity contribution in [3.63, 3.8) is 0 Å². The third-order valence-electron chi connectivity index (χ3n) is 5.32. The molecule has 1 amide bonds. The lowest BCUT2D eigenvalue weighted by atomic mass is 10.1. The molecule has 1 saturated heterocycles. The number of likely N-dealkylation sites (N-methyl/N-ethyl adjacent to an activating group) is 1. The Hall–Kier alpha value is -3.56. The van der Waals surface area contributed by atoms with Crippen molar-refractivity contribution in [1.82, 2.24) is 4.90 Å². The molecule has 0 unspecified atom stereocenters. The number of carboxylic acid groups (broad SMARTS) is 1. The highest BCUT2D eigenvalue weighted by Crippen LogP contribution is 2.36. The molecule has 0 aliphatic carbocycles. The second-order valence-electron chi connectivity index (χ2n) is 7.74. The van der Waals surface area contributed by atoms with Crippen molar-refractivity contribution in [3.8, 4) is 11.5 Å². The molecular formula is C27H23BrN2O5S. The van der Waals surface area contributed by atoms with Gasteiger partial charge in [0.25, 0.3) is 5.91 Å². The summed E-state index contributed by atoms with van der Waals surface area (Å²) in [5.74, 6) is -0.0316. The predicted molar refractivity (Wildman–Crippen MR) is 145 cm³/mol. The van der Waals surface area contributed by atoms with Crippen molar-refractivity contribution in [1.29, 1.82) is 0 Å². The summed E-state index contributed by atoms with van der Waals surface area (Å²) in [6.45, 7) is 2.70. The van der Waals surface area contributed by atoms with Gasteiger partial charge >= 0.3 is 5.97 Å². The normalized spacial score (nSPS) is 15.5. The number of benzene rings is 3. The summed E-state index contributed by atoms with van der Waals surface area (Å²) in [6.07, 6.45) is 1.78. The van der Waals surface area contributed by atoms with Gasteiger partial charge in [0.15, 0.2) is 16.7 Å². The molecule has 9 heteroatoms.